The van der Waals surface area contributed by atoms with Crippen LogP contribution < -0.4 is 5.11 Å². The average Bonchev–Trinajstić information content (AvgIpc) is 2.28. The minimum Gasteiger partial charge on any atom is -0.548 e. The fourth-order valence-electron chi connectivity index (χ4n) is 1.18. The third kappa shape index (κ3) is 4.78. The molecule has 0 N–H and O–H groups in total. The van der Waals surface area contributed by atoms with Crippen LogP contribution in [0.1, 0.15) is 12.0 Å². The summed E-state index contributed by atoms with van der Waals surface area (Å²) < 4.78 is 0. The molecule has 0 spiro atoms. The number of hydrogen-bond acceptors (Lipinski definition) is 5. The van der Waals surface area contributed by atoms with Gasteiger partial charge in [-0.15, -0.1) is 10.1 Å². The van der Waals surface area contributed by atoms with E-state index in [1.54, 1.807) is 6.08 Å². The van der Waals surface area contributed by atoms with Crippen molar-refractivity contribution in [1.29, 1.82) is 0 Å². The van der Waals surface area contributed by atoms with E-state index in [4.69, 9.17) is 0 Å². The van der Waals surface area contributed by atoms with E-state index in [-0.39, 0.29) is 6.42 Å². The third-order valence-electron chi connectivity index (χ3n) is 1.94. The molecule has 0 saturated carbocycles. The normalized spacial score (nSPS) is 12.2. The molecule has 6 heteroatoms. The average molecular weight is 236 g/mol. The first-order chi connectivity index (χ1) is 8.09. The van der Waals surface area contributed by atoms with Crippen molar-refractivity contribution < 1.29 is 19.8 Å². The second-order valence-corrected chi connectivity index (χ2v) is 3.19. The van der Waals surface area contributed by atoms with E-state index in [1.165, 1.54) is 6.08 Å². The Morgan fingerprint density at radius 2 is 2.06 bits per heavy atom. The molecule has 0 fully saturated rings. The molecule has 1 aromatic carbocycles. The van der Waals surface area contributed by atoms with Crippen molar-refractivity contribution in [3.8, 4) is 0 Å². The first-order valence-electron chi connectivity index (χ1n) is 4.83. The highest BCUT2D eigenvalue weighted by Gasteiger charge is 2.12. The fraction of sp³-hybridized carbons (Fsp3) is 0.182. The number of carboxylic acids is 1. The van der Waals surface area contributed by atoms with Gasteiger partial charge in [0.25, 0.3) is 5.09 Å². The maximum atomic E-state index is 10.5. The zero-order valence-corrected chi connectivity index (χ0v) is 8.81. The molecule has 0 amide bonds. The quantitative estimate of drug-likeness (QED) is 0.527. The molecular weight excluding hydrogens is 226 g/mol. The molecule has 0 radical (unpaired) electrons. The van der Waals surface area contributed by atoms with Crippen molar-refractivity contribution in [2.45, 2.75) is 12.5 Å². The zero-order valence-electron chi connectivity index (χ0n) is 8.81. The van der Waals surface area contributed by atoms with Gasteiger partial charge in [0.2, 0.25) is 0 Å². The number of aliphatic carboxylic acids is 1. The Bertz CT molecular complexity index is 415. The van der Waals surface area contributed by atoms with E-state index in [0.717, 1.165) is 5.56 Å². The highest BCUT2D eigenvalue weighted by molar-refractivity contribution is 5.70. The Hall–Kier alpha value is -2.37. The molecule has 0 saturated heterocycles. The molecule has 0 aliphatic rings. The van der Waals surface area contributed by atoms with Crippen LogP contribution in [-0.4, -0.2) is 17.2 Å². The first kappa shape index (κ1) is 12.7. The van der Waals surface area contributed by atoms with Crippen LogP contribution in [0.3, 0.4) is 0 Å². The van der Waals surface area contributed by atoms with Gasteiger partial charge in [-0.25, -0.2) is 0 Å². The molecule has 17 heavy (non-hydrogen) atoms. The minimum absolute atomic E-state index is 0.127. The highest BCUT2D eigenvalue weighted by Crippen LogP contribution is 2.05. The molecule has 1 atom stereocenters. The van der Waals surface area contributed by atoms with E-state index in [1.807, 2.05) is 30.3 Å². The molecule has 0 aromatic heterocycles. The third-order valence-corrected chi connectivity index (χ3v) is 1.94. The number of benzene rings is 1. The van der Waals surface area contributed by atoms with Crippen molar-refractivity contribution >= 4 is 12.0 Å². The summed E-state index contributed by atoms with van der Waals surface area (Å²) in [6.07, 6.45) is 1.43. The van der Waals surface area contributed by atoms with Gasteiger partial charge in [-0.1, -0.05) is 42.5 Å². The molecule has 0 heterocycles. The lowest BCUT2D eigenvalue weighted by atomic mass is 10.1. The second-order valence-electron chi connectivity index (χ2n) is 3.19. The van der Waals surface area contributed by atoms with E-state index in [0.29, 0.717) is 0 Å². The molecule has 6 nitrogen and oxygen atoms in total. The Balaban J connectivity index is 2.55. The van der Waals surface area contributed by atoms with Gasteiger partial charge < -0.3 is 14.7 Å². The summed E-state index contributed by atoms with van der Waals surface area (Å²) >= 11 is 0. The molecule has 1 aromatic rings. The van der Waals surface area contributed by atoms with Gasteiger partial charge in [0.1, 0.15) is 0 Å². The van der Waals surface area contributed by atoms with Crippen LogP contribution in [0.15, 0.2) is 36.4 Å². The number of rotatable bonds is 6. The molecule has 90 valence electrons. The smallest absolute Gasteiger partial charge is 0.295 e. The van der Waals surface area contributed by atoms with Gasteiger partial charge in [0.15, 0.2) is 6.10 Å². The monoisotopic (exact) mass is 236 g/mol. The summed E-state index contributed by atoms with van der Waals surface area (Å²) in [5, 5.41) is 19.4. The maximum absolute atomic E-state index is 10.5. The van der Waals surface area contributed by atoms with Crippen molar-refractivity contribution in [3.05, 3.63) is 52.1 Å². The summed E-state index contributed by atoms with van der Waals surface area (Å²) in [6.45, 7) is 0. The largest absolute Gasteiger partial charge is 0.548 e. The van der Waals surface area contributed by atoms with Crippen molar-refractivity contribution in [3.63, 3.8) is 0 Å². The summed E-state index contributed by atoms with van der Waals surface area (Å²) in [6, 6.07) is 9.13. The van der Waals surface area contributed by atoms with Crippen LogP contribution >= 0.6 is 0 Å². The Kier molecular flexibility index (Phi) is 4.68. The second kappa shape index (κ2) is 6.26. The van der Waals surface area contributed by atoms with Crippen LogP contribution in [0.5, 0.6) is 0 Å². The van der Waals surface area contributed by atoms with Gasteiger partial charge in [0, 0.05) is 0 Å². The highest BCUT2D eigenvalue weighted by atomic mass is 17.0. The molecule has 0 aliphatic heterocycles. The van der Waals surface area contributed by atoms with Crippen LogP contribution in [0.2, 0.25) is 0 Å². The lowest BCUT2D eigenvalue weighted by Gasteiger charge is -2.13. The molecular formula is C11H10NO5-. The first-order valence-corrected chi connectivity index (χ1v) is 4.83. The van der Waals surface area contributed by atoms with Crippen LogP contribution in [0, 0.1) is 10.1 Å². The van der Waals surface area contributed by atoms with Gasteiger partial charge in [0.05, 0.1) is 5.97 Å². The van der Waals surface area contributed by atoms with Crippen molar-refractivity contribution in [2.24, 2.45) is 0 Å². The zero-order chi connectivity index (χ0) is 12.7. The van der Waals surface area contributed by atoms with Gasteiger partial charge in [-0.2, -0.15) is 0 Å². The number of hydrogen-bond donors (Lipinski definition) is 0. The summed E-state index contributed by atoms with van der Waals surface area (Å²) in [5.41, 5.74) is 0.866. The van der Waals surface area contributed by atoms with Gasteiger partial charge in [-0.05, 0) is 12.0 Å². The Labute approximate surface area is 97.2 Å². The number of carbonyl (C=O) groups excluding carboxylic acids is 1. The standard InChI is InChI=1S/C11H11NO5/c13-11(14)10(17-12(15)16)8-4-7-9-5-2-1-3-6-9/h1-7,10H,8H2,(H,13,14)/p-1. The predicted molar refractivity (Wildman–Crippen MR) is 57.0 cm³/mol. The molecule has 1 rings (SSSR count). The van der Waals surface area contributed by atoms with E-state index in [2.05, 4.69) is 4.84 Å². The van der Waals surface area contributed by atoms with E-state index in [9.17, 15) is 20.0 Å². The lowest BCUT2D eigenvalue weighted by molar-refractivity contribution is -0.766. The fourth-order valence-corrected chi connectivity index (χ4v) is 1.18. The van der Waals surface area contributed by atoms with Gasteiger partial charge >= 0.3 is 0 Å². The van der Waals surface area contributed by atoms with Crippen molar-refractivity contribution in [2.75, 3.05) is 0 Å². The number of carbonyl (C=O) groups is 1. The molecule has 1 unspecified atom stereocenters. The van der Waals surface area contributed by atoms with E-state index >= 15 is 0 Å². The maximum Gasteiger partial charge on any atom is 0.295 e. The Morgan fingerprint density at radius 3 is 2.59 bits per heavy atom. The molecule has 0 aliphatic carbocycles. The SMILES string of the molecule is O=C([O-])C(CC=Cc1ccccc1)O[N+](=O)[O-]. The number of nitrogens with zero attached hydrogens (tertiary/aromatic N) is 1. The Morgan fingerprint density at radius 1 is 1.41 bits per heavy atom. The topological polar surface area (TPSA) is 92.5 Å². The lowest BCUT2D eigenvalue weighted by Crippen LogP contribution is -2.38. The van der Waals surface area contributed by atoms with E-state index < -0.39 is 17.2 Å². The predicted octanol–water partition coefficient (Wildman–Crippen LogP) is 0.417. The van der Waals surface area contributed by atoms with Crippen molar-refractivity contribution in [1.82, 2.24) is 0 Å². The summed E-state index contributed by atoms with van der Waals surface area (Å²) in [4.78, 5) is 24.5. The van der Waals surface area contributed by atoms with Crippen LogP contribution in [0.4, 0.5) is 0 Å². The van der Waals surface area contributed by atoms with Crippen LogP contribution in [0.25, 0.3) is 6.08 Å². The number of carboxylic acid groups (broad SMARTS) is 1. The van der Waals surface area contributed by atoms with Crippen LogP contribution in [-0.2, 0) is 9.63 Å². The summed E-state index contributed by atoms with van der Waals surface area (Å²) in [7, 11) is 0. The summed E-state index contributed by atoms with van der Waals surface area (Å²) in [5.74, 6) is -1.61. The molecule has 0 bridgehead atoms. The van der Waals surface area contributed by atoms with Gasteiger partial charge in [-0.3, -0.25) is 0 Å². The minimum atomic E-state index is -1.61.